The molecule has 0 aromatic carbocycles. The predicted molar refractivity (Wildman–Crippen MR) is 124 cm³/mol. The van der Waals surface area contributed by atoms with Crippen LogP contribution in [0.5, 0.6) is 0 Å². The molecule has 0 saturated carbocycles. The zero-order chi connectivity index (χ0) is 21.1. The Balaban J connectivity index is 1.65. The van der Waals surface area contributed by atoms with Gasteiger partial charge in [-0.15, -0.1) is 0 Å². The summed E-state index contributed by atoms with van der Waals surface area (Å²) in [5, 5.41) is 9.72. The van der Waals surface area contributed by atoms with Gasteiger partial charge in [-0.2, -0.15) is 0 Å². The lowest BCUT2D eigenvalue weighted by Gasteiger charge is -2.28. The van der Waals surface area contributed by atoms with E-state index in [9.17, 15) is 0 Å². The molecule has 0 spiro atoms. The second-order valence-electron chi connectivity index (χ2n) is 7.74. The van der Waals surface area contributed by atoms with Crippen molar-refractivity contribution in [2.75, 3.05) is 20.2 Å². The third kappa shape index (κ3) is 3.72. The maximum atomic E-state index is 8.61. The summed E-state index contributed by atoms with van der Waals surface area (Å²) in [6.45, 7) is 5.94. The first kappa shape index (κ1) is 20.2. The number of methoxy groups -OCH3 is 1. The topological polar surface area (TPSA) is 65.0 Å². The first-order chi connectivity index (χ1) is 14.7. The Morgan fingerprint density at radius 3 is 2.83 bits per heavy atom. The van der Waals surface area contributed by atoms with Crippen molar-refractivity contribution in [3.8, 4) is 0 Å². The average Bonchev–Trinajstić information content (AvgIpc) is 3.23. The summed E-state index contributed by atoms with van der Waals surface area (Å²) in [6, 6.07) is 2.22. The molecule has 0 aliphatic heterocycles. The second kappa shape index (κ2) is 8.74. The zero-order valence-corrected chi connectivity index (χ0v) is 18.0. The van der Waals surface area contributed by atoms with Gasteiger partial charge in [-0.3, -0.25) is 5.41 Å². The molecule has 1 atom stereocenters. The molecule has 5 nitrogen and oxygen atoms in total. The molecular formula is C25H30N4O. The van der Waals surface area contributed by atoms with E-state index in [-0.39, 0.29) is 5.92 Å². The van der Waals surface area contributed by atoms with E-state index in [4.69, 9.17) is 10.1 Å². The number of aromatic nitrogens is 2. The lowest BCUT2D eigenvalue weighted by Crippen LogP contribution is -2.35. The normalized spacial score (nSPS) is 18.6. The van der Waals surface area contributed by atoms with Crippen LogP contribution in [0.3, 0.4) is 0 Å². The molecule has 0 bridgehead atoms. The third-order valence-electron chi connectivity index (χ3n) is 6.06. The van der Waals surface area contributed by atoms with Crippen LogP contribution in [0.15, 0.2) is 54.6 Å². The number of hydrogen-bond donors (Lipinski definition) is 2. The molecule has 0 radical (unpaired) electrons. The third-order valence-corrected chi connectivity index (χ3v) is 6.06. The van der Waals surface area contributed by atoms with Crippen molar-refractivity contribution < 1.29 is 4.74 Å². The van der Waals surface area contributed by atoms with Crippen LogP contribution in [-0.4, -0.2) is 40.9 Å². The minimum Gasteiger partial charge on any atom is -0.496 e. The molecule has 2 aliphatic rings. The number of fused-ring (bicyclic) bond motifs is 1. The molecule has 0 fully saturated rings. The number of aromatic amines is 1. The number of hydrogen-bond acceptors (Lipinski definition) is 3. The van der Waals surface area contributed by atoms with Crippen molar-refractivity contribution in [3.05, 3.63) is 65.7 Å². The van der Waals surface area contributed by atoms with Crippen LogP contribution in [-0.2, 0) is 4.74 Å². The van der Waals surface area contributed by atoms with Gasteiger partial charge in [0.05, 0.1) is 7.11 Å². The number of allylic oxidation sites excluding steroid dienone is 6. The molecule has 2 aromatic heterocycles. The highest BCUT2D eigenvalue weighted by atomic mass is 16.5. The minimum absolute atomic E-state index is 0.107. The van der Waals surface area contributed by atoms with E-state index in [0.717, 1.165) is 65.8 Å². The van der Waals surface area contributed by atoms with Gasteiger partial charge in [0, 0.05) is 47.9 Å². The van der Waals surface area contributed by atoms with Crippen molar-refractivity contribution in [2.24, 2.45) is 5.92 Å². The fourth-order valence-corrected chi connectivity index (χ4v) is 4.37. The maximum Gasteiger partial charge on any atom is 0.137 e. The van der Waals surface area contributed by atoms with Crippen LogP contribution >= 0.6 is 0 Å². The van der Waals surface area contributed by atoms with Gasteiger partial charge in [-0.25, -0.2) is 4.98 Å². The summed E-state index contributed by atoms with van der Waals surface area (Å²) in [5.41, 5.74) is 5.49. The number of pyridine rings is 1. The van der Waals surface area contributed by atoms with Crippen LogP contribution in [0.2, 0.25) is 0 Å². The number of nitrogens with zero attached hydrogens (tertiary/aromatic N) is 2. The van der Waals surface area contributed by atoms with Crippen LogP contribution in [0, 0.1) is 11.3 Å². The van der Waals surface area contributed by atoms with Crippen molar-refractivity contribution in [1.29, 1.82) is 5.41 Å². The highest BCUT2D eigenvalue weighted by molar-refractivity contribution is 5.96. The average molecular weight is 403 g/mol. The molecule has 0 amide bonds. The van der Waals surface area contributed by atoms with Gasteiger partial charge < -0.3 is 14.6 Å². The van der Waals surface area contributed by atoms with Crippen LogP contribution in [0.4, 0.5) is 0 Å². The van der Waals surface area contributed by atoms with Crippen LogP contribution in [0.25, 0.3) is 22.2 Å². The number of rotatable bonds is 6. The van der Waals surface area contributed by atoms with Crippen molar-refractivity contribution in [3.63, 3.8) is 0 Å². The van der Waals surface area contributed by atoms with Crippen LogP contribution < -0.4 is 0 Å². The summed E-state index contributed by atoms with van der Waals surface area (Å²) in [7, 11) is 1.73. The number of ether oxygens (including phenoxy) is 1. The lowest BCUT2D eigenvalue weighted by molar-refractivity contribution is 0.308. The van der Waals surface area contributed by atoms with E-state index in [1.807, 2.05) is 12.4 Å². The van der Waals surface area contributed by atoms with E-state index in [1.165, 1.54) is 5.57 Å². The van der Waals surface area contributed by atoms with E-state index >= 15 is 0 Å². The molecule has 4 rings (SSSR count). The Bertz CT molecular complexity index is 1070. The van der Waals surface area contributed by atoms with Gasteiger partial charge in [0.15, 0.2) is 0 Å². The zero-order valence-electron chi connectivity index (χ0n) is 18.0. The number of nitrogens with one attached hydrogen (secondary N) is 2. The Morgan fingerprint density at radius 1 is 1.27 bits per heavy atom. The molecule has 30 heavy (non-hydrogen) atoms. The fourth-order valence-electron chi connectivity index (χ4n) is 4.37. The van der Waals surface area contributed by atoms with Gasteiger partial charge in [-0.1, -0.05) is 24.3 Å². The van der Waals surface area contributed by atoms with Gasteiger partial charge >= 0.3 is 0 Å². The first-order valence-corrected chi connectivity index (χ1v) is 10.8. The quantitative estimate of drug-likeness (QED) is 0.492. The van der Waals surface area contributed by atoms with Gasteiger partial charge in [0.1, 0.15) is 17.2 Å². The van der Waals surface area contributed by atoms with E-state index in [2.05, 4.69) is 65.2 Å². The summed E-state index contributed by atoms with van der Waals surface area (Å²) in [4.78, 5) is 10.1. The monoisotopic (exact) mass is 402 g/mol. The Labute approximate surface area is 178 Å². The molecule has 2 heterocycles. The minimum atomic E-state index is 0.107. The standard InChI is InChI=1S/C25H30N4O/c1-4-29(5-2)24(26)18-10-8-9-17(13-18)19-14-21-22(16-28-25(21)27-15-19)20-11-6-7-12-23(20)30-3/h8-12,14-16,18,26H,4-7,13H2,1-3H3,(H,27,28). The van der Waals surface area contributed by atoms with Gasteiger partial charge in [0.25, 0.3) is 0 Å². The Kier molecular flexibility index (Phi) is 5.88. The Morgan fingerprint density at radius 2 is 2.07 bits per heavy atom. The van der Waals surface area contributed by atoms with Crippen molar-refractivity contribution >= 4 is 28.0 Å². The molecule has 5 heteroatoms. The van der Waals surface area contributed by atoms with Crippen molar-refractivity contribution in [1.82, 2.24) is 14.9 Å². The molecule has 0 saturated heterocycles. The smallest absolute Gasteiger partial charge is 0.137 e. The number of amidine groups is 1. The van der Waals surface area contributed by atoms with Gasteiger partial charge in [0.2, 0.25) is 0 Å². The molecule has 2 aromatic rings. The van der Waals surface area contributed by atoms with Crippen LogP contribution in [0.1, 0.15) is 44.2 Å². The van der Waals surface area contributed by atoms with Crippen molar-refractivity contribution in [2.45, 2.75) is 33.1 Å². The summed E-state index contributed by atoms with van der Waals surface area (Å²) < 4.78 is 5.62. The maximum absolute atomic E-state index is 8.61. The highest BCUT2D eigenvalue weighted by Crippen LogP contribution is 2.35. The highest BCUT2D eigenvalue weighted by Gasteiger charge is 2.22. The summed E-state index contributed by atoms with van der Waals surface area (Å²) in [5.74, 6) is 1.73. The summed E-state index contributed by atoms with van der Waals surface area (Å²) in [6.07, 6.45) is 17.6. The largest absolute Gasteiger partial charge is 0.496 e. The molecule has 2 aliphatic carbocycles. The fraction of sp³-hybridized carbons (Fsp3) is 0.360. The summed E-state index contributed by atoms with van der Waals surface area (Å²) >= 11 is 0. The lowest BCUT2D eigenvalue weighted by atomic mass is 9.88. The SMILES string of the molecule is CCN(CC)C(=N)C1C=CC=C(c2cnc3[nH]cc(C4=CCCC=C4OC)c3c2)C1. The molecule has 2 N–H and O–H groups in total. The van der Waals surface area contributed by atoms with Gasteiger partial charge in [-0.05, 0) is 56.4 Å². The molecular weight excluding hydrogens is 372 g/mol. The number of H-pyrrole nitrogens is 1. The van der Waals surface area contributed by atoms with E-state index < -0.39 is 0 Å². The molecule has 1 unspecified atom stereocenters. The van der Waals surface area contributed by atoms with E-state index in [0.29, 0.717) is 5.84 Å². The molecule has 156 valence electrons. The second-order valence-corrected chi connectivity index (χ2v) is 7.74. The van der Waals surface area contributed by atoms with E-state index in [1.54, 1.807) is 7.11 Å². The Hall–Kier alpha value is -3.08. The predicted octanol–water partition coefficient (Wildman–Crippen LogP) is 5.55. The first-order valence-electron chi connectivity index (χ1n) is 10.8.